The van der Waals surface area contributed by atoms with E-state index in [0.29, 0.717) is 17.4 Å². The van der Waals surface area contributed by atoms with Crippen LogP contribution in [0, 0.1) is 18.3 Å². The van der Waals surface area contributed by atoms with E-state index < -0.39 is 0 Å². The van der Waals surface area contributed by atoms with Gasteiger partial charge in [-0.3, -0.25) is 0 Å². The Bertz CT molecular complexity index is 436. The van der Waals surface area contributed by atoms with Crippen molar-refractivity contribution in [2.75, 3.05) is 25.5 Å². The third kappa shape index (κ3) is 2.56. The highest BCUT2D eigenvalue weighted by atomic mass is 15.2. The zero-order chi connectivity index (χ0) is 12.3. The second-order valence-electron chi connectivity index (χ2n) is 4.62. The molecule has 1 aromatic rings. The lowest BCUT2D eigenvalue weighted by Gasteiger charge is -2.20. The SMILES string of the molecule is Cc1ccnc(NCC2CCCN2C)c1C#N. The van der Waals surface area contributed by atoms with Gasteiger partial charge in [0.1, 0.15) is 11.9 Å². The predicted octanol–water partition coefficient (Wildman–Crippen LogP) is 1.77. The zero-order valence-corrected chi connectivity index (χ0v) is 10.4. The summed E-state index contributed by atoms with van der Waals surface area (Å²) in [6, 6.07) is 4.64. The Kier molecular flexibility index (Phi) is 3.60. The van der Waals surface area contributed by atoms with Crippen molar-refractivity contribution >= 4 is 5.82 Å². The van der Waals surface area contributed by atoms with Crippen LogP contribution in [0.2, 0.25) is 0 Å². The molecular weight excluding hydrogens is 212 g/mol. The molecule has 1 aliphatic rings. The van der Waals surface area contributed by atoms with Crippen LogP contribution >= 0.6 is 0 Å². The number of anilines is 1. The molecule has 0 aliphatic carbocycles. The highest BCUT2D eigenvalue weighted by Gasteiger charge is 2.20. The fourth-order valence-electron chi connectivity index (χ4n) is 2.29. The van der Waals surface area contributed by atoms with Crippen molar-refractivity contribution in [2.24, 2.45) is 0 Å². The van der Waals surface area contributed by atoms with Gasteiger partial charge in [0.2, 0.25) is 0 Å². The molecule has 0 aromatic carbocycles. The Morgan fingerprint density at radius 2 is 2.47 bits per heavy atom. The molecular formula is C13H18N4. The van der Waals surface area contributed by atoms with E-state index >= 15 is 0 Å². The van der Waals surface area contributed by atoms with E-state index in [1.54, 1.807) is 6.20 Å². The van der Waals surface area contributed by atoms with Gasteiger partial charge in [0.15, 0.2) is 0 Å². The van der Waals surface area contributed by atoms with E-state index in [1.165, 1.54) is 19.4 Å². The van der Waals surface area contributed by atoms with Crippen LogP contribution in [0.15, 0.2) is 12.3 Å². The summed E-state index contributed by atoms with van der Waals surface area (Å²) in [6.45, 7) is 3.97. The van der Waals surface area contributed by atoms with Gasteiger partial charge in [-0.15, -0.1) is 0 Å². The number of hydrogen-bond donors (Lipinski definition) is 1. The van der Waals surface area contributed by atoms with E-state index in [-0.39, 0.29) is 0 Å². The number of nitrogens with zero attached hydrogens (tertiary/aromatic N) is 3. The maximum atomic E-state index is 9.10. The number of likely N-dealkylation sites (N-methyl/N-ethyl adjacent to an activating group) is 1. The summed E-state index contributed by atoms with van der Waals surface area (Å²) in [5, 5.41) is 12.4. The average molecular weight is 230 g/mol. The van der Waals surface area contributed by atoms with Crippen LogP contribution in [0.3, 0.4) is 0 Å². The molecule has 0 saturated carbocycles. The largest absolute Gasteiger partial charge is 0.367 e. The highest BCUT2D eigenvalue weighted by Crippen LogP contribution is 2.18. The molecule has 2 heterocycles. The topological polar surface area (TPSA) is 52.0 Å². The predicted molar refractivity (Wildman–Crippen MR) is 67.8 cm³/mol. The van der Waals surface area contributed by atoms with Gasteiger partial charge < -0.3 is 10.2 Å². The lowest BCUT2D eigenvalue weighted by molar-refractivity contribution is 0.322. The molecule has 90 valence electrons. The van der Waals surface area contributed by atoms with Gasteiger partial charge in [-0.2, -0.15) is 5.26 Å². The molecule has 0 spiro atoms. The second kappa shape index (κ2) is 5.15. The number of likely N-dealkylation sites (tertiary alicyclic amines) is 1. The normalized spacial score (nSPS) is 20.2. The summed E-state index contributed by atoms with van der Waals surface area (Å²) in [5.41, 5.74) is 1.64. The average Bonchev–Trinajstić information content (AvgIpc) is 2.72. The summed E-state index contributed by atoms with van der Waals surface area (Å²) in [4.78, 5) is 6.60. The molecule has 1 fully saturated rings. The lowest BCUT2D eigenvalue weighted by atomic mass is 10.1. The van der Waals surface area contributed by atoms with Gasteiger partial charge in [-0.25, -0.2) is 4.98 Å². The van der Waals surface area contributed by atoms with Crippen molar-refractivity contribution in [3.63, 3.8) is 0 Å². The van der Waals surface area contributed by atoms with Crippen LogP contribution in [0.5, 0.6) is 0 Å². The molecule has 17 heavy (non-hydrogen) atoms. The van der Waals surface area contributed by atoms with Crippen LogP contribution in [-0.2, 0) is 0 Å². The van der Waals surface area contributed by atoms with Gasteiger partial charge in [-0.05, 0) is 45.0 Å². The van der Waals surface area contributed by atoms with Crippen LogP contribution in [0.1, 0.15) is 24.0 Å². The summed E-state index contributed by atoms with van der Waals surface area (Å²) >= 11 is 0. The summed E-state index contributed by atoms with van der Waals surface area (Å²) < 4.78 is 0. The summed E-state index contributed by atoms with van der Waals surface area (Å²) in [6.07, 6.45) is 4.23. The molecule has 2 rings (SSSR count). The Morgan fingerprint density at radius 1 is 1.65 bits per heavy atom. The minimum atomic E-state index is 0.559. The number of aryl methyl sites for hydroxylation is 1. The minimum Gasteiger partial charge on any atom is -0.367 e. The van der Waals surface area contributed by atoms with Crippen LogP contribution < -0.4 is 5.32 Å². The molecule has 0 radical (unpaired) electrons. The van der Waals surface area contributed by atoms with Crippen molar-refractivity contribution in [3.05, 3.63) is 23.4 Å². The van der Waals surface area contributed by atoms with Crippen LogP contribution in [0.4, 0.5) is 5.82 Å². The van der Waals surface area contributed by atoms with E-state index in [1.807, 2.05) is 13.0 Å². The first-order chi connectivity index (χ1) is 8.22. The number of aromatic nitrogens is 1. The highest BCUT2D eigenvalue weighted by molar-refractivity contribution is 5.55. The first kappa shape index (κ1) is 11.9. The molecule has 1 saturated heterocycles. The van der Waals surface area contributed by atoms with Gasteiger partial charge in [0.05, 0.1) is 5.56 Å². The van der Waals surface area contributed by atoms with E-state index in [9.17, 15) is 0 Å². The maximum absolute atomic E-state index is 9.10. The van der Waals surface area contributed by atoms with Gasteiger partial charge in [-0.1, -0.05) is 0 Å². The smallest absolute Gasteiger partial charge is 0.144 e. The third-order valence-corrected chi connectivity index (χ3v) is 3.45. The zero-order valence-electron chi connectivity index (χ0n) is 10.4. The number of nitriles is 1. The molecule has 4 heteroatoms. The quantitative estimate of drug-likeness (QED) is 0.859. The number of hydrogen-bond acceptors (Lipinski definition) is 4. The second-order valence-corrected chi connectivity index (χ2v) is 4.62. The van der Waals surface area contributed by atoms with Gasteiger partial charge >= 0.3 is 0 Å². The molecule has 1 unspecified atom stereocenters. The Morgan fingerprint density at radius 3 is 3.12 bits per heavy atom. The first-order valence-electron chi connectivity index (χ1n) is 6.02. The number of pyridine rings is 1. The Balaban J connectivity index is 2.04. The lowest BCUT2D eigenvalue weighted by Crippen LogP contribution is -2.31. The van der Waals surface area contributed by atoms with E-state index in [2.05, 4.69) is 28.3 Å². The maximum Gasteiger partial charge on any atom is 0.144 e. The molecule has 0 amide bonds. The summed E-state index contributed by atoms with van der Waals surface area (Å²) in [5.74, 6) is 0.716. The molecule has 1 aliphatic heterocycles. The van der Waals surface area contributed by atoms with Crippen LogP contribution in [0.25, 0.3) is 0 Å². The Hall–Kier alpha value is -1.60. The molecule has 1 aromatic heterocycles. The van der Waals surface area contributed by atoms with Crippen molar-refractivity contribution in [1.82, 2.24) is 9.88 Å². The molecule has 0 bridgehead atoms. The van der Waals surface area contributed by atoms with Crippen LogP contribution in [-0.4, -0.2) is 36.1 Å². The van der Waals surface area contributed by atoms with Crippen molar-refractivity contribution in [2.45, 2.75) is 25.8 Å². The van der Waals surface area contributed by atoms with Crippen molar-refractivity contribution < 1.29 is 0 Å². The van der Waals surface area contributed by atoms with Gasteiger partial charge in [0.25, 0.3) is 0 Å². The number of rotatable bonds is 3. The number of nitrogens with one attached hydrogen (secondary N) is 1. The molecule has 1 N–H and O–H groups in total. The standard InChI is InChI=1S/C13H18N4/c1-10-5-6-15-13(12(10)8-14)16-9-11-4-3-7-17(11)2/h5-6,11H,3-4,7,9H2,1-2H3,(H,15,16). The monoisotopic (exact) mass is 230 g/mol. The van der Waals surface area contributed by atoms with Crippen molar-refractivity contribution in [3.8, 4) is 6.07 Å². The fourth-order valence-corrected chi connectivity index (χ4v) is 2.29. The van der Waals surface area contributed by atoms with Gasteiger partial charge in [0, 0.05) is 18.8 Å². The Labute approximate surface area is 102 Å². The molecule has 4 nitrogen and oxygen atoms in total. The van der Waals surface area contributed by atoms with Crippen molar-refractivity contribution in [1.29, 1.82) is 5.26 Å². The summed E-state index contributed by atoms with van der Waals surface area (Å²) in [7, 11) is 2.15. The minimum absolute atomic E-state index is 0.559. The third-order valence-electron chi connectivity index (χ3n) is 3.45. The first-order valence-corrected chi connectivity index (χ1v) is 6.02. The van der Waals surface area contributed by atoms with E-state index in [4.69, 9.17) is 5.26 Å². The van der Waals surface area contributed by atoms with E-state index in [0.717, 1.165) is 12.1 Å². The fraction of sp³-hybridized carbons (Fsp3) is 0.538. The molecule has 1 atom stereocenters.